The van der Waals surface area contributed by atoms with Gasteiger partial charge in [-0.1, -0.05) is 19.8 Å². The molecule has 0 bridgehead atoms. The van der Waals surface area contributed by atoms with Gasteiger partial charge in [0.1, 0.15) is 0 Å². The molecule has 0 radical (unpaired) electrons. The number of nitrogens with one attached hydrogen (secondary N) is 1. The molecule has 0 aromatic carbocycles. The van der Waals surface area contributed by atoms with Crippen LogP contribution in [0.3, 0.4) is 0 Å². The van der Waals surface area contributed by atoms with E-state index >= 15 is 0 Å². The number of hydrogen-bond donors (Lipinski definition) is 1. The van der Waals surface area contributed by atoms with E-state index in [9.17, 15) is 0 Å². The van der Waals surface area contributed by atoms with E-state index in [1.165, 1.54) is 90.5 Å². The van der Waals surface area contributed by atoms with Crippen molar-refractivity contribution in [1.82, 2.24) is 10.2 Å². The first-order valence-electron chi connectivity index (χ1n) is 8.28. The summed E-state index contributed by atoms with van der Waals surface area (Å²) in [6.07, 6.45) is 13.0. The molecule has 0 amide bonds. The van der Waals surface area contributed by atoms with Crippen LogP contribution in [-0.2, 0) is 0 Å². The van der Waals surface area contributed by atoms with Crippen LogP contribution in [0.2, 0.25) is 0 Å². The van der Waals surface area contributed by atoms with Crippen LogP contribution >= 0.6 is 0 Å². The van der Waals surface area contributed by atoms with Gasteiger partial charge in [-0.3, -0.25) is 0 Å². The highest BCUT2D eigenvalue weighted by Gasteiger charge is 2.36. The van der Waals surface area contributed by atoms with Gasteiger partial charge in [0.2, 0.25) is 0 Å². The fourth-order valence-electron chi connectivity index (χ4n) is 3.76. The van der Waals surface area contributed by atoms with Crippen LogP contribution in [0.15, 0.2) is 0 Å². The molecule has 1 aliphatic heterocycles. The molecule has 0 aromatic rings. The SMILES string of the molecule is CCCNCCCCN1CCC2(CCCC2)CC1. The van der Waals surface area contributed by atoms with Crippen molar-refractivity contribution in [3.05, 3.63) is 0 Å². The van der Waals surface area contributed by atoms with Crippen LogP contribution in [0.4, 0.5) is 0 Å². The molecule has 1 N–H and O–H groups in total. The van der Waals surface area contributed by atoms with Crippen LogP contribution in [0.1, 0.15) is 64.7 Å². The minimum Gasteiger partial charge on any atom is -0.317 e. The first-order valence-corrected chi connectivity index (χ1v) is 8.28. The summed E-state index contributed by atoms with van der Waals surface area (Å²) in [5, 5.41) is 3.49. The van der Waals surface area contributed by atoms with Gasteiger partial charge in [0.15, 0.2) is 0 Å². The average molecular weight is 252 g/mol. The molecule has 2 rings (SSSR count). The van der Waals surface area contributed by atoms with E-state index in [1.807, 2.05) is 0 Å². The Kier molecular flexibility index (Phi) is 5.97. The van der Waals surface area contributed by atoms with Gasteiger partial charge in [-0.05, 0) is 83.1 Å². The lowest BCUT2D eigenvalue weighted by atomic mass is 9.77. The highest BCUT2D eigenvalue weighted by Crippen LogP contribution is 2.45. The van der Waals surface area contributed by atoms with Crippen molar-refractivity contribution in [2.75, 3.05) is 32.7 Å². The lowest BCUT2D eigenvalue weighted by Gasteiger charge is -2.39. The Morgan fingerprint density at radius 2 is 1.67 bits per heavy atom. The van der Waals surface area contributed by atoms with Crippen molar-refractivity contribution in [2.45, 2.75) is 64.7 Å². The maximum atomic E-state index is 3.49. The minimum absolute atomic E-state index is 0.791. The summed E-state index contributed by atoms with van der Waals surface area (Å²) in [7, 11) is 0. The lowest BCUT2D eigenvalue weighted by Crippen LogP contribution is -2.39. The summed E-state index contributed by atoms with van der Waals surface area (Å²) >= 11 is 0. The fourth-order valence-corrected chi connectivity index (χ4v) is 3.76. The molecule has 18 heavy (non-hydrogen) atoms. The third-order valence-corrected chi connectivity index (χ3v) is 5.09. The molecule has 2 fully saturated rings. The van der Waals surface area contributed by atoms with Crippen LogP contribution in [0.5, 0.6) is 0 Å². The van der Waals surface area contributed by atoms with Gasteiger partial charge in [0, 0.05) is 0 Å². The normalized spacial score (nSPS) is 23.8. The molecule has 1 spiro atoms. The molecule has 1 heterocycles. The predicted molar refractivity (Wildman–Crippen MR) is 79.0 cm³/mol. The van der Waals surface area contributed by atoms with Gasteiger partial charge in [-0.15, -0.1) is 0 Å². The Morgan fingerprint density at radius 3 is 2.33 bits per heavy atom. The Labute approximate surface area is 114 Å². The van der Waals surface area contributed by atoms with Crippen LogP contribution in [-0.4, -0.2) is 37.6 Å². The Balaban J connectivity index is 1.51. The third-order valence-electron chi connectivity index (χ3n) is 5.09. The quantitative estimate of drug-likeness (QED) is 0.698. The second-order valence-electron chi connectivity index (χ2n) is 6.51. The Hall–Kier alpha value is -0.0800. The van der Waals surface area contributed by atoms with Crippen molar-refractivity contribution in [3.8, 4) is 0 Å². The van der Waals surface area contributed by atoms with E-state index in [0.717, 1.165) is 5.41 Å². The standard InChI is InChI=1S/C16H32N2/c1-2-11-17-12-5-6-13-18-14-9-16(10-15-18)7-3-4-8-16/h17H,2-15H2,1H3. The number of rotatable bonds is 7. The molecular formula is C16H32N2. The zero-order chi connectivity index (χ0) is 12.7. The average Bonchev–Trinajstić information content (AvgIpc) is 2.85. The second kappa shape index (κ2) is 7.49. The van der Waals surface area contributed by atoms with Gasteiger partial charge < -0.3 is 10.2 Å². The summed E-state index contributed by atoms with van der Waals surface area (Å²) < 4.78 is 0. The van der Waals surface area contributed by atoms with Gasteiger partial charge in [0.25, 0.3) is 0 Å². The summed E-state index contributed by atoms with van der Waals surface area (Å²) in [5.41, 5.74) is 0.791. The fraction of sp³-hybridized carbons (Fsp3) is 1.00. The zero-order valence-corrected chi connectivity index (χ0v) is 12.3. The molecule has 1 aliphatic carbocycles. The zero-order valence-electron chi connectivity index (χ0n) is 12.3. The van der Waals surface area contributed by atoms with Gasteiger partial charge in [0.05, 0.1) is 0 Å². The molecule has 0 atom stereocenters. The van der Waals surface area contributed by atoms with E-state index < -0.39 is 0 Å². The van der Waals surface area contributed by atoms with E-state index in [2.05, 4.69) is 17.1 Å². The second-order valence-corrected chi connectivity index (χ2v) is 6.51. The molecule has 0 unspecified atom stereocenters. The Bertz CT molecular complexity index is 211. The van der Waals surface area contributed by atoms with Crippen LogP contribution in [0.25, 0.3) is 0 Å². The largest absolute Gasteiger partial charge is 0.317 e. The predicted octanol–water partition coefficient (Wildman–Crippen LogP) is 3.42. The number of unbranched alkanes of at least 4 members (excludes halogenated alkanes) is 1. The molecule has 0 aromatic heterocycles. The van der Waals surface area contributed by atoms with Gasteiger partial charge in [-0.2, -0.15) is 0 Å². The number of likely N-dealkylation sites (tertiary alicyclic amines) is 1. The molecule has 2 heteroatoms. The molecule has 106 valence electrons. The van der Waals surface area contributed by atoms with Crippen molar-refractivity contribution in [2.24, 2.45) is 5.41 Å². The molecule has 1 saturated heterocycles. The summed E-state index contributed by atoms with van der Waals surface area (Å²) in [4.78, 5) is 2.71. The number of piperidine rings is 1. The Morgan fingerprint density at radius 1 is 0.944 bits per heavy atom. The summed E-state index contributed by atoms with van der Waals surface area (Å²) in [6.45, 7) is 8.73. The third kappa shape index (κ3) is 4.24. The highest BCUT2D eigenvalue weighted by atomic mass is 15.1. The molecule has 1 saturated carbocycles. The summed E-state index contributed by atoms with van der Waals surface area (Å²) in [5.74, 6) is 0. The van der Waals surface area contributed by atoms with Gasteiger partial charge in [-0.25, -0.2) is 0 Å². The smallest absolute Gasteiger partial charge is 0.00134 e. The maximum absolute atomic E-state index is 3.49. The van der Waals surface area contributed by atoms with Crippen molar-refractivity contribution in [1.29, 1.82) is 0 Å². The maximum Gasteiger partial charge on any atom is -0.00134 e. The molecular weight excluding hydrogens is 220 g/mol. The highest BCUT2D eigenvalue weighted by molar-refractivity contribution is 4.89. The monoisotopic (exact) mass is 252 g/mol. The minimum atomic E-state index is 0.791. The van der Waals surface area contributed by atoms with Crippen LogP contribution < -0.4 is 5.32 Å². The topological polar surface area (TPSA) is 15.3 Å². The van der Waals surface area contributed by atoms with Crippen molar-refractivity contribution >= 4 is 0 Å². The lowest BCUT2D eigenvalue weighted by molar-refractivity contribution is 0.107. The van der Waals surface area contributed by atoms with Crippen molar-refractivity contribution in [3.63, 3.8) is 0 Å². The number of hydrogen-bond acceptors (Lipinski definition) is 2. The first kappa shape index (κ1) is 14.3. The molecule has 2 aliphatic rings. The van der Waals surface area contributed by atoms with Crippen molar-refractivity contribution < 1.29 is 0 Å². The van der Waals surface area contributed by atoms with E-state index in [4.69, 9.17) is 0 Å². The van der Waals surface area contributed by atoms with E-state index in [-0.39, 0.29) is 0 Å². The van der Waals surface area contributed by atoms with E-state index in [0.29, 0.717) is 0 Å². The molecule has 2 nitrogen and oxygen atoms in total. The summed E-state index contributed by atoms with van der Waals surface area (Å²) in [6, 6.07) is 0. The van der Waals surface area contributed by atoms with Gasteiger partial charge >= 0.3 is 0 Å². The van der Waals surface area contributed by atoms with Crippen LogP contribution in [0, 0.1) is 5.41 Å². The number of nitrogens with zero attached hydrogens (tertiary/aromatic N) is 1. The van der Waals surface area contributed by atoms with E-state index in [1.54, 1.807) is 0 Å². The first-order chi connectivity index (χ1) is 8.85.